The van der Waals surface area contributed by atoms with Crippen LogP contribution in [0.2, 0.25) is 0 Å². The summed E-state index contributed by atoms with van der Waals surface area (Å²) >= 11 is 1.73. The van der Waals surface area contributed by atoms with Gasteiger partial charge in [0.25, 0.3) is 0 Å². The third kappa shape index (κ3) is 4.94. The van der Waals surface area contributed by atoms with Crippen molar-refractivity contribution < 1.29 is 0 Å². The summed E-state index contributed by atoms with van der Waals surface area (Å²) in [7, 11) is 1.80. The first-order valence-electron chi connectivity index (χ1n) is 9.23. The lowest BCUT2D eigenvalue weighted by Crippen LogP contribution is -2.36. The maximum absolute atomic E-state index is 4.55. The van der Waals surface area contributed by atoms with Crippen LogP contribution in [0.3, 0.4) is 0 Å². The van der Waals surface area contributed by atoms with E-state index in [0.717, 1.165) is 48.7 Å². The highest BCUT2D eigenvalue weighted by atomic mass is 32.1. The molecule has 0 saturated carbocycles. The average Bonchev–Trinajstić information content (AvgIpc) is 3.00. The van der Waals surface area contributed by atoms with E-state index in [1.165, 1.54) is 29.7 Å². The molecule has 7 heteroatoms. The predicted octanol–water partition coefficient (Wildman–Crippen LogP) is 3.01. The molecule has 2 aromatic heterocycles. The largest absolute Gasteiger partial charge is 0.357 e. The van der Waals surface area contributed by atoms with Gasteiger partial charge in [0.2, 0.25) is 0 Å². The van der Waals surface area contributed by atoms with Crippen LogP contribution in [0.1, 0.15) is 40.4 Å². The molecule has 1 fully saturated rings. The van der Waals surface area contributed by atoms with Crippen LogP contribution in [0.4, 0.5) is 5.82 Å². The molecule has 1 aliphatic rings. The monoisotopic (exact) mass is 372 g/mol. The fraction of sp³-hybridized carbons (Fsp3) is 0.526. The van der Waals surface area contributed by atoms with Gasteiger partial charge in [0.05, 0.1) is 17.2 Å². The van der Waals surface area contributed by atoms with Crippen molar-refractivity contribution in [3.63, 3.8) is 0 Å². The van der Waals surface area contributed by atoms with E-state index >= 15 is 0 Å². The van der Waals surface area contributed by atoms with Crippen LogP contribution < -0.4 is 15.5 Å². The first-order chi connectivity index (χ1) is 12.7. The third-order valence-electron chi connectivity index (χ3n) is 4.59. The molecule has 0 unspecified atom stereocenters. The second kappa shape index (κ2) is 8.98. The van der Waals surface area contributed by atoms with Gasteiger partial charge in [-0.2, -0.15) is 0 Å². The van der Waals surface area contributed by atoms with E-state index in [0.29, 0.717) is 0 Å². The second-order valence-corrected chi connectivity index (χ2v) is 7.88. The van der Waals surface area contributed by atoms with Crippen LogP contribution >= 0.6 is 11.3 Å². The van der Waals surface area contributed by atoms with Crippen molar-refractivity contribution in [1.82, 2.24) is 20.6 Å². The van der Waals surface area contributed by atoms with Gasteiger partial charge in [0.15, 0.2) is 5.96 Å². The highest BCUT2D eigenvalue weighted by molar-refractivity contribution is 7.11. The van der Waals surface area contributed by atoms with Crippen molar-refractivity contribution in [2.45, 2.75) is 46.2 Å². The molecular formula is C19H28N6S. The molecule has 0 amide bonds. The molecule has 0 bridgehead atoms. The molecule has 0 atom stereocenters. The number of guanidine groups is 1. The van der Waals surface area contributed by atoms with Gasteiger partial charge in [-0.25, -0.2) is 9.97 Å². The Morgan fingerprint density at radius 2 is 1.96 bits per heavy atom. The van der Waals surface area contributed by atoms with Gasteiger partial charge in [-0.15, -0.1) is 11.3 Å². The van der Waals surface area contributed by atoms with E-state index in [2.05, 4.69) is 49.6 Å². The molecular weight excluding hydrogens is 344 g/mol. The summed E-state index contributed by atoms with van der Waals surface area (Å²) in [5.74, 6) is 1.88. The van der Waals surface area contributed by atoms with Gasteiger partial charge in [0, 0.05) is 37.8 Å². The minimum Gasteiger partial charge on any atom is -0.357 e. The summed E-state index contributed by atoms with van der Waals surface area (Å²) in [5.41, 5.74) is 2.31. The fourth-order valence-electron chi connectivity index (χ4n) is 3.17. The number of piperidine rings is 1. The van der Waals surface area contributed by atoms with Gasteiger partial charge in [0.1, 0.15) is 5.82 Å². The Morgan fingerprint density at radius 3 is 2.65 bits per heavy atom. The normalized spacial score (nSPS) is 15.2. The van der Waals surface area contributed by atoms with E-state index in [9.17, 15) is 0 Å². The number of nitrogens with zero attached hydrogens (tertiary/aromatic N) is 4. The summed E-state index contributed by atoms with van der Waals surface area (Å²) in [4.78, 5) is 17.0. The Balaban J connectivity index is 1.54. The zero-order valence-corrected chi connectivity index (χ0v) is 16.7. The van der Waals surface area contributed by atoms with Crippen molar-refractivity contribution in [2.75, 3.05) is 25.0 Å². The summed E-state index contributed by atoms with van der Waals surface area (Å²) < 4.78 is 0. The Bertz CT molecular complexity index is 748. The Morgan fingerprint density at radius 1 is 1.19 bits per heavy atom. The van der Waals surface area contributed by atoms with E-state index in [1.807, 2.05) is 13.1 Å². The summed E-state index contributed by atoms with van der Waals surface area (Å²) in [6.07, 6.45) is 5.76. The molecule has 140 valence electrons. The van der Waals surface area contributed by atoms with Crippen molar-refractivity contribution >= 4 is 23.1 Å². The summed E-state index contributed by atoms with van der Waals surface area (Å²) in [6.45, 7) is 7.78. The van der Waals surface area contributed by atoms with Crippen LogP contribution in [0.15, 0.2) is 23.3 Å². The molecule has 3 rings (SSSR count). The van der Waals surface area contributed by atoms with Crippen LogP contribution in [0, 0.1) is 13.8 Å². The van der Waals surface area contributed by atoms with E-state index in [4.69, 9.17) is 0 Å². The van der Waals surface area contributed by atoms with Crippen molar-refractivity contribution in [2.24, 2.45) is 4.99 Å². The number of anilines is 1. The third-order valence-corrected chi connectivity index (χ3v) is 5.66. The maximum Gasteiger partial charge on any atom is 0.191 e. The molecule has 0 aliphatic carbocycles. The van der Waals surface area contributed by atoms with E-state index in [1.54, 1.807) is 18.4 Å². The minimum atomic E-state index is 0.726. The molecule has 1 aliphatic heterocycles. The summed E-state index contributed by atoms with van der Waals surface area (Å²) in [6, 6.07) is 4.24. The number of rotatable bonds is 5. The SMILES string of the molecule is CN=C(NCc1ccnc(N2CCCCC2)c1)NCc1sc(C)nc1C. The number of thiazole rings is 1. The molecule has 3 heterocycles. The van der Waals surface area contributed by atoms with Gasteiger partial charge in [-0.3, -0.25) is 4.99 Å². The standard InChI is InChI=1S/C19H28N6S/c1-14-17(26-15(2)24-14)13-23-19(20-3)22-12-16-7-8-21-18(11-16)25-9-5-4-6-10-25/h7-8,11H,4-6,9-10,12-13H2,1-3H3,(H2,20,22,23). The predicted molar refractivity (Wildman–Crippen MR) is 109 cm³/mol. The maximum atomic E-state index is 4.55. The molecule has 2 N–H and O–H groups in total. The molecule has 26 heavy (non-hydrogen) atoms. The second-order valence-electron chi connectivity index (χ2n) is 6.59. The lowest BCUT2D eigenvalue weighted by molar-refractivity contribution is 0.573. The fourth-order valence-corrected chi connectivity index (χ4v) is 4.05. The van der Waals surface area contributed by atoms with Gasteiger partial charge in [-0.05, 0) is 50.8 Å². The molecule has 6 nitrogen and oxygen atoms in total. The van der Waals surface area contributed by atoms with Crippen molar-refractivity contribution in [3.05, 3.63) is 39.5 Å². The molecule has 2 aromatic rings. The molecule has 0 spiro atoms. The van der Waals surface area contributed by atoms with Crippen molar-refractivity contribution in [3.8, 4) is 0 Å². The van der Waals surface area contributed by atoms with Crippen LogP contribution in [0.25, 0.3) is 0 Å². The number of nitrogens with one attached hydrogen (secondary N) is 2. The molecule has 0 radical (unpaired) electrons. The minimum absolute atomic E-state index is 0.726. The highest BCUT2D eigenvalue weighted by Gasteiger charge is 2.12. The van der Waals surface area contributed by atoms with Crippen LogP contribution in [-0.4, -0.2) is 36.1 Å². The average molecular weight is 373 g/mol. The Kier molecular flexibility index (Phi) is 6.44. The van der Waals surface area contributed by atoms with E-state index < -0.39 is 0 Å². The zero-order valence-electron chi connectivity index (χ0n) is 15.9. The Hall–Kier alpha value is -2.15. The van der Waals surface area contributed by atoms with Crippen molar-refractivity contribution in [1.29, 1.82) is 0 Å². The first kappa shape index (κ1) is 18.6. The van der Waals surface area contributed by atoms with Crippen LogP contribution in [0.5, 0.6) is 0 Å². The lowest BCUT2D eigenvalue weighted by Gasteiger charge is -2.28. The lowest BCUT2D eigenvalue weighted by atomic mass is 10.1. The number of aromatic nitrogens is 2. The zero-order chi connectivity index (χ0) is 18.4. The first-order valence-corrected chi connectivity index (χ1v) is 10.0. The summed E-state index contributed by atoms with van der Waals surface area (Å²) in [5, 5.41) is 7.86. The number of aryl methyl sites for hydroxylation is 2. The number of pyridine rings is 1. The van der Waals surface area contributed by atoms with E-state index in [-0.39, 0.29) is 0 Å². The molecule has 1 saturated heterocycles. The number of hydrogen-bond donors (Lipinski definition) is 2. The Labute approximate surface area is 159 Å². The van der Waals surface area contributed by atoms with Crippen LogP contribution in [-0.2, 0) is 13.1 Å². The number of aliphatic imine (C=N–C) groups is 1. The van der Waals surface area contributed by atoms with Gasteiger partial charge >= 0.3 is 0 Å². The van der Waals surface area contributed by atoms with Gasteiger partial charge in [-0.1, -0.05) is 0 Å². The highest BCUT2D eigenvalue weighted by Crippen LogP contribution is 2.18. The topological polar surface area (TPSA) is 65.4 Å². The number of hydrogen-bond acceptors (Lipinski definition) is 5. The molecule has 0 aromatic carbocycles. The van der Waals surface area contributed by atoms with Gasteiger partial charge < -0.3 is 15.5 Å². The smallest absolute Gasteiger partial charge is 0.191 e. The quantitative estimate of drug-likeness (QED) is 0.624.